The van der Waals surface area contributed by atoms with Crippen molar-refractivity contribution in [3.63, 3.8) is 0 Å². The second kappa shape index (κ2) is 3.76. The number of hydrogen-bond donors (Lipinski definition) is 1. The molecule has 0 fully saturated rings. The molecular weight excluding hydrogens is 208 g/mol. The molecule has 0 aliphatic carbocycles. The van der Waals surface area contributed by atoms with Gasteiger partial charge in [-0.05, 0) is 0 Å². The molecule has 16 heavy (non-hydrogen) atoms. The molecule has 0 aliphatic heterocycles. The van der Waals surface area contributed by atoms with Crippen molar-refractivity contribution < 1.29 is 0 Å². The Balaban J connectivity index is 2.55. The molecule has 0 spiro atoms. The number of aliphatic imine (C=N–C) groups is 1. The van der Waals surface area contributed by atoms with Gasteiger partial charge in [0.25, 0.3) is 5.56 Å². The van der Waals surface area contributed by atoms with Crippen LogP contribution in [0.25, 0.3) is 11.2 Å². The highest BCUT2D eigenvalue weighted by Gasteiger charge is 2.07. The van der Waals surface area contributed by atoms with Gasteiger partial charge < -0.3 is 9.47 Å². The summed E-state index contributed by atoms with van der Waals surface area (Å²) >= 11 is 0. The number of H-pyrrole nitrogens is 1. The highest BCUT2D eigenvalue weighted by atomic mass is 16.1. The van der Waals surface area contributed by atoms with Crippen molar-refractivity contribution in [2.75, 3.05) is 14.1 Å². The number of aryl methyl sites for hydroxylation is 1. The molecule has 0 saturated heterocycles. The average Bonchev–Trinajstić information content (AvgIpc) is 2.58. The number of nitrogens with one attached hydrogen (secondary N) is 1. The van der Waals surface area contributed by atoms with E-state index in [0.29, 0.717) is 11.2 Å². The standard InChI is InChI=1S/C9H12N6O/c1-14(2)4-11-9-12-7-6(8(16)13-9)15(3)5-10-7/h4-5H,1-3H3,(H,12,13,16)/b11-4+. The maximum atomic E-state index is 11.7. The molecule has 0 saturated carbocycles. The number of nitrogens with zero attached hydrogens (tertiary/aromatic N) is 5. The third-order valence-electron chi connectivity index (χ3n) is 1.98. The minimum atomic E-state index is -0.240. The number of rotatable bonds is 2. The second-order valence-corrected chi connectivity index (χ2v) is 3.63. The van der Waals surface area contributed by atoms with E-state index in [0.717, 1.165) is 0 Å². The highest BCUT2D eigenvalue weighted by Crippen LogP contribution is 2.07. The fourth-order valence-electron chi connectivity index (χ4n) is 1.28. The summed E-state index contributed by atoms with van der Waals surface area (Å²) in [6.45, 7) is 0. The van der Waals surface area contributed by atoms with Crippen LogP contribution in [-0.4, -0.2) is 44.9 Å². The van der Waals surface area contributed by atoms with Crippen LogP contribution in [0.1, 0.15) is 0 Å². The fourth-order valence-corrected chi connectivity index (χ4v) is 1.28. The first-order valence-electron chi connectivity index (χ1n) is 4.70. The van der Waals surface area contributed by atoms with Crippen molar-refractivity contribution in [3.8, 4) is 0 Å². The van der Waals surface area contributed by atoms with Crippen LogP contribution in [0, 0.1) is 0 Å². The Labute approximate surface area is 91.5 Å². The van der Waals surface area contributed by atoms with Crippen molar-refractivity contribution >= 4 is 23.5 Å². The summed E-state index contributed by atoms with van der Waals surface area (Å²) in [5.74, 6) is 0.255. The van der Waals surface area contributed by atoms with E-state index in [1.165, 1.54) is 0 Å². The summed E-state index contributed by atoms with van der Waals surface area (Å²) in [4.78, 5) is 28.2. The molecule has 0 bridgehead atoms. The summed E-state index contributed by atoms with van der Waals surface area (Å²) in [6.07, 6.45) is 3.11. The van der Waals surface area contributed by atoms with Gasteiger partial charge in [-0.1, -0.05) is 0 Å². The summed E-state index contributed by atoms with van der Waals surface area (Å²) < 4.78 is 1.63. The maximum Gasteiger partial charge on any atom is 0.278 e. The fraction of sp³-hybridized carbons (Fsp3) is 0.333. The summed E-state index contributed by atoms with van der Waals surface area (Å²) in [7, 11) is 5.41. The van der Waals surface area contributed by atoms with Gasteiger partial charge in [0.1, 0.15) is 0 Å². The largest absolute Gasteiger partial charge is 0.369 e. The van der Waals surface area contributed by atoms with E-state index in [1.807, 2.05) is 14.1 Å². The summed E-state index contributed by atoms with van der Waals surface area (Å²) in [5.41, 5.74) is 0.608. The molecule has 2 rings (SSSR count). The van der Waals surface area contributed by atoms with Crippen LogP contribution in [0.3, 0.4) is 0 Å². The van der Waals surface area contributed by atoms with Crippen LogP contribution in [-0.2, 0) is 7.05 Å². The normalized spacial score (nSPS) is 11.4. The molecule has 84 valence electrons. The van der Waals surface area contributed by atoms with E-state index in [4.69, 9.17) is 0 Å². The first-order valence-corrected chi connectivity index (χ1v) is 4.70. The number of hydrogen-bond acceptors (Lipinski definition) is 4. The van der Waals surface area contributed by atoms with Gasteiger partial charge in [0.15, 0.2) is 11.2 Å². The van der Waals surface area contributed by atoms with Gasteiger partial charge in [-0.2, -0.15) is 4.98 Å². The zero-order valence-electron chi connectivity index (χ0n) is 9.30. The number of fused-ring (bicyclic) bond motifs is 1. The molecule has 0 amide bonds. The molecular formula is C9H12N6O. The molecule has 0 unspecified atom stereocenters. The number of aromatic amines is 1. The lowest BCUT2D eigenvalue weighted by Crippen LogP contribution is -2.11. The van der Waals surface area contributed by atoms with Crippen LogP contribution >= 0.6 is 0 Å². The smallest absolute Gasteiger partial charge is 0.278 e. The molecule has 0 aromatic carbocycles. The summed E-state index contributed by atoms with van der Waals surface area (Å²) in [6, 6.07) is 0. The lowest BCUT2D eigenvalue weighted by Gasteiger charge is -2.01. The average molecular weight is 220 g/mol. The van der Waals surface area contributed by atoms with E-state index in [-0.39, 0.29) is 11.5 Å². The van der Waals surface area contributed by atoms with Gasteiger partial charge in [-0.3, -0.25) is 9.78 Å². The van der Waals surface area contributed by atoms with Crippen molar-refractivity contribution in [2.45, 2.75) is 0 Å². The van der Waals surface area contributed by atoms with Crippen LogP contribution in [0.2, 0.25) is 0 Å². The van der Waals surface area contributed by atoms with Gasteiger partial charge >= 0.3 is 0 Å². The van der Waals surface area contributed by atoms with E-state index in [1.54, 1.807) is 29.2 Å². The quantitative estimate of drug-likeness (QED) is 0.565. The Morgan fingerprint density at radius 1 is 1.56 bits per heavy atom. The van der Waals surface area contributed by atoms with Crippen LogP contribution < -0.4 is 5.56 Å². The van der Waals surface area contributed by atoms with Crippen LogP contribution in [0.5, 0.6) is 0 Å². The minimum absolute atomic E-state index is 0.240. The Hall–Kier alpha value is -2.18. The molecule has 1 N–H and O–H groups in total. The van der Waals surface area contributed by atoms with E-state index in [2.05, 4.69) is 19.9 Å². The third kappa shape index (κ3) is 1.79. The zero-order chi connectivity index (χ0) is 11.7. The van der Waals surface area contributed by atoms with Gasteiger partial charge in [0.05, 0.1) is 12.7 Å². The molecule has 0 radical (unpaired) electrons. The summed E-state index contributed by atoms with van der Waals surface area (Å²) in [5, 5.41) is 0. The van der Waals surface area contributed by atoms with Gasteiger partial charge in [-0.15, -0.1) is 0 Å². The Morgan fingerprint density at radius 3 is 3.00 bits per heavy atom. The van der Waals surface area contributed by atoms with Gasteiger partial charge in [0, 0.05) is 21.1 Å². The number of aromatic nitrogens is 4. The molecule has 7 heteroatoms. The molecule has 2 aromatic rings. The molecule has 0 atom stereocenters. The van der Waals surface area contributed by atoms with Crippen molar-refractivity contribution in [1.29, 1.82) is 0 Å². The Morgan fingerprint density at radius 2 is 2.31 bits per heavy atom. The SMILES string of the molecule is CN(C)/C=N/c1nc2ncn(C)c2c(=O)[nH]1. The Bertz CT molecular complexity index is 594. The topological polar surface area (TPSA) is 79.2 Å². The first kappa shape index (κ1) is 10.3. The van der Waals surface area contributed by atoms with Gasteiger partial charge in [-0.25, -0.2) is 9.98 Å². The van der Waals surface area contributed by atoms with E-state index >= 15 is 0 Å². The van der Waals surface area contributed by atoms with Crippen molar-refractivity contribution in [3.05, 3.63) is 16.7 Å². The first-order chi connectivity index (χ1) is 7.58. The maximum absolute atomic E-state index is 11.7. The van der Waals surface area contributed by atoms with Crippen LogP contribution in [0.4, 0.5) is 5.95 Å². The predicted octanol–water partition coefficient (Wildman–Crippen LogP) is -0.122. The third-order valence-corrected chi connectivity index (χ3v) is 1.98. The van der Waals surface area contributed by atoms with E-state index < -0.39 is 0 Å². The number of imidazole rings is 1. The highest BCUT2D eigenvalue weighted by molar-refractivity contribution is 5.71. The molecule has 2 heterocycles. The minimum Gasteiger partial charge on any atom is -0.369 e. The second-order valence-electron chi connectivity index (χ2n) is 3.63. The molecule has 7 nitrogen and oxygen atoms in total. The van der Waals surface area contributed by atoms with E-state index in [9.17, 15) is 4.79 Å². The van der Waals surface area contributed by atoms with Gasteiger partial charge in [0.2, 0.25) is 5.95 Å². The van der Waals surface area contributed by atoms with Crippen molar-refractivity contribution in [1.82, 2.24) is 24.4 Å². The lowest BCUT2D eigenvalue weighted by molar-refractivity contribution is 0.642. The zero-order valence-corrected chi connectivity index (χ0v) is 9.30. The monoisotopic (exact) mass is 220 g/mol. The molecule has 0 aliphatic rings. The predicted molar refractivity (Wildman–Crippen MR) is 61.0 cm³/mol. The molecule has 2 aromatic heterocycles. The Kier molecular flexibility index (Phi) is 2.43. The van der Waals surface area contributed by atoms with Crippen LogP contribution in [0.15, 0.2) is 16.1 Å². The van der Waals surface area contributed by atoms with Crippen molar-refractivity contribution in [2.24, 2.45) is 12.0 Å². The lowest BCUT2D eigenvalue weighted by atomic mass is 10.5.